The molecule has 0 unspecified atom stereocenters. The number of aromatic nitrogens is 1. The van der Waals surface area contributed by atoms with E-state index in [1.165, 1.54) is 5.56 Å². The van der Waals surface area contributed by atoms with Crippen LogP contribution in [-0.4, -0.2) is 5.16 Å². The van der Waals surface area contributed by atoms with E-state index in [-0.39, 0.29) is 0 Å². The van der Waals surface area contributed by atoms with Crippen LogP contribution in [0, 0.1) is 13.8 Å². The van der Waals surface area contributed by atoms with Crippen molar-refractivity contribution in [1.82, 2.24) is 5.16 Å². The Kier molecular flexibility index (Phi) is 3.55. The van der Waals surface area contributed by atoms with E-state index in [1.54, 1.807) is 0 Å². The summed E-state index contributed by atoms with van der Waals surface area (Å²) in [5.41, 5.74) is 11.2. The van der Waals surface area contributed by atoms with Crippen LogP contribution in [-0.2, 0) is 0 Å². The number of benzene rings is 2. The van der Waals surface area contributed by atoms with E-state index >= 15 is 0 Å². The molecule has 1 heterocycles. The molecule has 21 heavy (non-hydrogen) atoms. The van der Waals surface area contributed by atoms with Crippen LogP contribution in [0.15, 0.2) is 51.5 Å². The van der Waals surface area contributed by atoms with E-state index in [0.29, 0.717) is 11.6 Å². The molecule has 2 aromatic carbocycles. The fourth-order valence-corrected chi connectivity index (χ4v) is 2.92. The van der Waals surface area contributed by atoms with Crippen LogP contribution in [0.5, 0.6) is 0 Å². The first-order chi connectivity index (χ1) is 10.1. The van der Waals surface area contributed by atoms with E-state index in [9.17, 15) is 0 Å². The molecule has 4 heteroatoms. The largest absolute Gasteiger partial charge is 0.380 e. The Balaban J connectivity index is 2.22. The van der Waals surface area contributed by atoms with Crippen molar-refractivity contribution in [1.29, 1.82) is 0 Å². The monoisotopic (exact) mass is 342 g/mol. The van der Waals surface area contributed by atoms with Crippen molar-refractivity contribution in [3.63, 3.8) is 0 Å². The Morgan fingerprint density at radius 3 is 2.62 bits per heavy atom. The molecule has 0 fully saturated rings. The molecule has 3 nitrogen and oxygen atoms in total. The first kappa shape index (κ1) is 13.9. The van der Waals surface area contributed by atoms with Gasteiger partial charge in [0.25, 0.3) is 0 Å². The lowest BCUT2D eigenvalue weighted by atomic mass is 9.98. The Morgan fingerprint density at radius 1 is 1.10 bits per heavy atom. The molecule has 0 aliphatic rings. The molecule has 3 aromatic rings. The van der Waals surface area contributed by atoms with Gasteiger partial charge >= 0.3 is 0 Å². The standard InChI is InChI=1S/C17H15BrN2O/c1-10-4-3-5-12(8-10)15-16(21-20-17(15)19)14-7-6-13(18)9-11(14)2/h3-9H,1-2H3,(H2,19,20). The van der Waals surface area contributed by atoms with Crippen LogP contribution in [0.1, 0.15) is 11.1 Å². The molecule has 0 amide bonds. The summed E-state index contributed by atoms with van der Waals surface area (Å²) in [5.74, 6) is 1.13. The molecule has 106 valence electrons. The quantitative estimate of drug-likeness (QED) is 0.715. The molecule has 0 aliphatic carbocycles. The summed E-state index contributed by atoms with van der Waals surface area (Å²) in [6.07, 6.45) is 0. The predicted molar refractivity (Wildman–Crippen MR) is 89.0 cm³/mol. The van der Waals surface area contributed by atoms with Crippen molar-refractivity contribution in [3.8, 4) is 22.5 Å². The minimum atomic E-state index is 0.415. The van der Waals surface area contributed by atoms with E-state index < -0.39 is 0 Å². The molecule has 0 saturated heterocycles. The van der Waals surface area contributed by atoms with Gasteiger partial charge in [-0.1, -0.05) is 50.9 Å². The third-order valence-electron chi connectivity index (χ3n) is 3.46. The van der Waals surface area contributed by atoms with Gasteiger partial charge in [-0.3, -0.25) is 0 Å². The zero-order valence-corrected chi connectivity index (χ0v) is 13.4. The fourth-order valence-electron chi connectivity index (χ4n) is 2.45. The Labute approximate surface area is 131 Å². The Morgan fingerprint density at radius 2 is 1.90 bits per heavy atom. The third-order valence-corrected chi connectivity index (χ3v) is 3.95. The molecule has 0 aliphatic heterocycles. The molecular formula is C17H15BrN2O. The highest BCUT2D eigenvalue weighted by Gasteiger charge is 2.19. The van der Waals surface area contributed by atoms with Crippen LogP contribution in [0.2, 0.25) is 0 Å². The molecule has 2 N–H and O–H groups in total. The maximum absolute atomic E-state index is 6.03. The van der Waals surface area contributed by atoms with Gasteiger partial charge in [0.1, 0.15) is 0 Å². The van der Waals surface area contributed by atoms with Crippen molar-refractivity contribution in [2.75, 3.05) is 5.73 Å². The second-order valence-electron chi connectivity index (χ2n) is 5.10. The van der Waals surface area contributed by atoms with Crippen LogP contribution in [0.3, 0.4) is 0 Å². The molecule has 0 bridgehead atoms. The highest BCUT2D eigenvalue weighted by molar-refractivity contribution is 9.10. The highest BCUT2D eigenvalue weighted by atomic mass is 79.9. The van der Waals surface area contributed by atoms with Gasteiger partial charge in [-0.15, -0.1) is 0 Å². The lowest BCUT2D eigenvalue weighted by Gasteiger charge is -2.07. The number of nitrogen functional groups attached to an aromatic ring is 1. The minimum Gasteiger partial charge on any atom is -0.380 e. The average Bonchev–Trinajstić information content (AvgIpc) is 2.80. The van der Waals surface area contributed by atoms with E-state index in [0.717, 1.165) is 26.7 Å². The summed E-state index contributed by atoms with van der Waals surface area (Å²) in [5, 5.41) is 3.95. The number of rotatable bonds is 2. The molecule has 3 rings (SSSR count). The first-order valence-corrected chi connectivity index (χ1v) is 7.44. The minimum absolute atomic E-state index is 0.415. The molecule has 0 atom stereocenters. The fraction of sp³-hybridized carbons (Fsp3) is 0.118. The number of halogens is 1. The van der Waals surface area contributed by atoms with Gasteiger partial charge in [0.05, 0.1) is 5.56 Å². The second kappa shape index (κ2) is 5.37. The van der Waals surface area contributed by atoms with Gasteiger partial charge in [0.2, 0.25) is 0 Å². The summed E-state index contributed by atoms with van der Waals surface area (Å²) in [7, 11) is 0. The van der Waals surface area contributed by atoms with Crippen LogP contribution in [0.4, 0.5) is 5.82 Å². The molecule has 1 aromatic heterocycles. The smallest absolute Gasteiger partial charge is 0.177 e. The van der Waals surface area contributed by atoms with Gasteiger partial charge in [0.15, 0.2) is 11.6 Å². The first-order valence-electron chi connectivity index (χ1n) is 6.65. The van der Waals surface area contributed by atoms with Crippen molar-refractivity contribution >= 4 is 21.7 Å². The van der Waals surface area contributed by atoms with Crippen molar-refractivity contribution < 1.29 is 4.52 Å². The van der Waals surface area contributed by atoms with Crippen LogP contribution in [0.25, 0.3) is 22.5 Å². The van der Waals surface area contributed by atoms with E-state index in [4.69, 9.17) is 10.3 Å². The maximum Gasteiger partial charge on any atom is 0.177 e. The number of nitrogens with zero attached hydrogens (tertiary/aromatic N) is 1. The summed E-state index contributed by atoms with van der Waals surface area (Å²) in [6, 6.07) is 14.2. The predicted octanol–water partition coefficient (Wildman–Crippen LogP) is 4.97. The van der Waals surface area contributed by atoms with Gasteiger partial charge in [0, 0.05) is 10.0 Å². The summed E-state index contributed by atoms with van der Waals surface area (Å²) < 4.78 is 6.54. The van der Waals surface area contributed by atoms with Gasteiger partial charge in [-0.25, -0.2) is 0 Å². The van der Waals surface area contributed by atoms with Gasteiger partial charge in [-0.05, 0) is 43.2 Å². The number of anilines is 1. The molecular weight excluding hydrogens is 328 g/mol. The van der Waals surface area contributed by atoms with Crippen LogP contribution < -0.4 is 5.73 Å². The van der Waals surface area contributed by atoms with E-state index in [1.807, 2.05) is 37.3 Å². The maximum atomic E-state index is 6.03. The second-order valence-corrected chi connectivity index (χ2v) is 6.02. The van der Waals surface area contributed by atoms with Gasteiger partial charge in [-0.2, -0.15) is 0 Å². The van der Waals surface area contributed by atoms with Gasteiger partial charge < -0.3 is 10.3 Å². The van der Waals surface area contributed by atoms with E-state index in [2.05, 4.69) is 40.1 Å². The summed E-state index contributed by atoms with van der Waals surface area (Å²) >= 11 is 3.48. The summed E-state index contributed by atoms with van der Waals surface area (Å²) in [4.78, 5) is 0. The zero-order valence-electron chi connectivity index (χ0n) is 11.9. The lowest BCUT2D eigenvalue weighted by Crippen LogP contribution is -1.90. The molecule has 0 radical (unpaired) electrons. The summed E-state index contributed by atoms with van der Waals surface area (Å²) in [6.45, 7) is 4.09. The SMILES string of the molecule is Cc1cccc(-c2c(N)noc2-c2ccc(Br)cc2C)c1. The number of aryl methyl sites for hydroxylation is 2. The normalized spacial score (nSPS) is 10.8. The number of hydrogen-bond donors (Lipinski definition) is 1. The molecule has 0 spiro atoms. The zero-order chi connectivity index (χ0) is 15.0. The topological polar surface area (TPSA) is 52.0 Å². The molecule has 0 saturated carbocycles. The third kappa shape index (κ3) is 2.59. The van der Waals surface area contributed by atoms with Crippen molar-refractivity contribution in [3.05, 3.63) is 58.1 Å². The van der Waals surface area contributed by atoms with Crippen LogP contribution >= 0.6 is 15.9 Å². The Hall–Kier alpha value is -2.07. The number of nitrogens with two attached hydrogens (primary N) is 1. The average molecular weight is 343 g/mol. The lowest BCUT2D eigenvalue weighted by molar-refractivity contribution is 0.436. The Bertz CT molecular complexity index is 808. The van der Waals surface area contributed by atoms with Crippen molar-refractivity contribution in [2.24, 2.45) is 0 Å². The van der Waals surface area contributed by atoms with Crippen molar-refractivity contribution in [2.45, 2.75) is 13.8 Å². The number of hydrogen-bond acceptors (Lipinski definition) is 3. The highest BCUT2D eigenvalue weighted by Crippen LogP contribution is 2.38.